The normalized spacial score (nSPS) is 11.3. The highest BCUT2D eigenvalue weighted by Gasteiger charge is 2.06. The molecule has 0 aliphatic rings. The van der Waals surface area contributed by atoms with E-state index in [1.807, 2.05) is 19.1 Å². The maximum absolute atomic E-state index is 11.2. The minimum absolute atomic E-state index is 0.111. The summed E-state index contributed by atoms with van der Waals surface area (Å²) in [6.07, 6.45) is 0. The van der Waals surface area contributed by atoms with E-state index in [0.717, 1.165) is 15.7 Å². The molecule has 3 N–H and O–H groups in total. The van der Waals surface area contributed by atoms with Crippen LogP contribution in [0.1, 0.15) is 11.1 Å². The van der Waals surface area contributed by atoms with Gasteiger partial charge in [0.15, 0.2) is 0 Å². The zero-order valence-electron chi connectivity index (χ0n) is 10.9. The van der Waals surface area contributed by atoms with Crippen LogP contribution in [0.5, 0.6) is 0 Å². The number of sulfonamides is 1. The van der Waals surface area contributed by atoms with Gasteiger partial charge in [-0.25, -0.2) is 13.6 Å². The predicted octanol–water partition coefficient (Wildman–Crippen LogP) is 3.02. The molecule has 2 aromatic carbocycles. The first-order valence-electron chi connectivity index (χ1n) is 5.98. The van der Waals surface area contributed by atoms with E-state index >= 15 is 0 Å². The molecule has 0 aliphatic heterocycles. The molecule has 0 atom stereocenters. The number of nitrogens with two attached hydrogens (primary N) is 1. The summed E-state index contributed by atoms with van der Waals surface area (Å²) < 4.78 is 23.3. The molecule has 4 nitrogen and oxygen atoms in total. The fraction of sp³-hybridized carbons (Fsp3) is 0.143. The van der Waals surface area contributed by atoms with Gasteiger partial charge in [0, 0.05) is 16.7 Å². The topological polar surface area (TPSA) is 72.2 Å². The summed E-state index contributed by atoms with van der Waals surface area (Å²) in [7, 11) is -3.63. The maximum atomic E-state index is 11.2. The minimum Gasteiger partial charge on any atom is -0.381 e. The Kier molecular flexibility index (Phi) is 4.47. The lowest BCUT2D eigenvalue weighted by atomic mass is 10.1. The summed E-state index contributed by atoms with van der Waals surface area (Å²) in [6, 6.07) is 12.5. The molecule has 20 heavy (non-hydrogen) atoms. The molecule has 0 saturated carbocycles. The van der Waals surface area contributed by atoms with Gasteiger partial charge >= 0.3 is 0 Å². The van der Waals surface area contributed by atoms with Crippen molar-refractivity contribution in [3.63, 3.8) is 0 Å². The van der Waals surface area contributed by atoms with Gasteiger partial charge in [-0.05, 0) is 48.4 Å². The monoisotopic (exact) mass is 354 g/mol. The molecular formula is C14H15BrN2O2S. The summed E-state index contributed by atoms with van der Waals surface area (Å²) in [6.45, 7) is 2.68. The number of primary sulfonamides is 1. The van der Waals surface area contributed by atoms with Crippen molar-refractivity contribution in [2.24, 2.45) is 5.14 Å². The third kappa shape index (κ3) is 3.82. The SMILES string of the molecule is Cc1ccc(CNc2ccc(S(N)(=O)=O)cc2)c(Br)c1. The van der Waals surface area contributed by atoms with Crippen LogP contribution in [0.15, 0.2) is 51.8 Å². The third-order valence-electron chi connectivity index (χ3n) is 2.87. The van der Waals surface area contributed by atoms with Gasteiger partial charge in [0.1, 0.15) is 0 Å². The minimum atomic E-state index is -3.63. The Balaban J connectivity index is 2.08. The van der Waals surface area contributed by atoms with E-state index in [0.29, 0.717) is 6.54 Å². The van der Waals surface area contributed by atoms with Gasteiger partial charge in [0.25, 0.3) is 0 Å². The van der Waals surface area contributed by atoms with Crippen LogP contribution >= 0.6 is 15.9 Å². The Labute approximate surface area is 127 Å². The van der Waals surface area contributed by atoms with Crippen LogP contribution in [-0.2, 0) is 16.6 Å². The second kappa shape index (κ2) is 5.95. The first-order valence-corrected chi connectivity index (χ1v) is 8.32. The number of benzene rings is 2. The van der Waals surface area contributed by atoms with Crippen molar-refractivity contribution in [3.8, 4) is 0 Å². The van der Waals surface area contributed by atoms with Crippen LogP contribution in [0.2, 0.25) is 0 Å². The van der Waals surface area contributed by atoms with Crippen molar-refractivity contribution in [2.75, 3.05) is 5.32 Å². The Bertz CT molecular complexity index is 712. The highest BCUT2D eigenvalue weighted by Crippen LogP contribution is 2.20. The summed E-state index contributed by atoms with van der Waals surface area (Å²) >= 11 is 3.52. The molecule has 2 rings (SSSR count). The van der Waals surface area contributed by atoms with Crippen LogP contribution in [0.3, 0.4) is 0 Å². The molecule has 0 fully saturated rings. The number of aryl methyl sites for hydroxylation is 1. The smallest absolute Gasteiger partial charge is 0.238 e. The fourth-order valence-corrected chi connectivity index (χ4v) is 2.90. The second-order valence-corrected chi connectivity index (χ2v) is 6.93. The Morgan fingerprint density at radius 1 is 1.15 bits per heavy atom. The lowest BCUT2D eigenvalue weighted by molar-refractivity contribution is 0.598. The van der Waals surface area contributed by atoms with Gasteiger partial charge in [-0.1, -0.05) is 28.1 Å². The molecule has 0 spiro atoms. The standard InChI is InChI=1S/C14H15BrN2O2S/c1-10-2-3-11(14(15)8-10)9-17-12-4-6-13(7-5-12)20(16,18)19/h2-8,17H,9H2,1H3,(H2,16,18,19). The quantitative estimate of drug-likeness (QED) is 0.886. The molecule has 0 unspecified atom stereocenters. The summed E-state index contributed by atoms with van der Waals surface area (Å²) in [5.41, 5.74) is 3.16. The van der Waals surface area contributed by atoms with Crippen molar-refractivity contribution in [2.45, 2.75) is 18.4 Å². The van der Waals surface area contributed by atoms with Gasteiger partial charge in [-0.2, -0.15) is 0 Å². The van der Waals surface area contributed by atoms with Crippen LogP contribution in [0, 0.1) is 6.92 Å². The van der Waals surface area contributed by atoms with Crippen molar-refractivity contribution >= 4 is 31.6 Å². The molecule has 0 aliphatic carbocycles. The Morgan fingerprint density at radius 2 is 1.80 bits per heavy atom. The predicted molar refractivity (Wildman–Crippen MR) is 84.0 cm³/mol. The largest absolute Gasteiger partial charge is 0.381 e. The lowest BCUT2D eigenvalue weighted by Crippen LogP contribution is -2.12. The van der Waals surface area contributed by atoms with Crippen LogP contribution < -0.4 is 10.5 Å². The van der Waals surface area contributed by atoms with E-state index < -0.39 is 10.0 Å². The molecule has 0 amide bonds. The third-order valence-corrected chi connectivity index (χ3v) is 4.54. The van der Waals surface area contributed by atoms with Crippen LogP contribution in [0.4, 0.5) is 5.69 Å². The lowest BCUT2D eigenvalue weighted by Gasteiger charge is -2.09. The van der Waals surface area contributed by atoms with Gasteiger partial charge < -0.3 is 5.32 Å². The number of halogens is 1. The van der Waals surface area contributed by atoms with Crippen molar-refractivity contribution in [1.29, 1.82) is 0 Å². The van der Waals surface area contributed by atoms with E-state index in [9.17, 15) is 8.42 Å². The molecule has 0 aromatic heterocycles. The summed E-state index contributed by atoms with van der Waals surface area (Å²) in [4.78, 5) is 0.111. The van der Waals surface area contributed by atoms with E-state index in [1.54, 1.807) is 12.1 Å². The van der Waals surface area contributed by atoms with Gasteiger partial charge in [0.2, 0.25) is 10.0 Å². The molecular weight excluding hydrogens is 340 g/mol. The number of anilines is 1. The second-order valence-electron chi connectivity index (χ2n) is 4.52. The first-order chi connectivity index (χ1) is 9.36. The van der Waals surface area contributed by atoms with Gasteiger partial charge in [0.05, 0.1) is 4.90 Å². The number of hydrogen-bond donors (Lipinski definition) is 2. The van der Waals surface area contributed by atoms with Crippen LogP contribution in [0.25, 0.3) is 0 Å². The Morgan fingerprint density at radius 3 is 2.35 bits per heavy atom. The van der Waals surface area contributed by atoms with Crippen molar-refractivity contribution < 1.29 is 8.42 Å². The summed E-state index contributed by atoms with van der Waals surface area (Å²) in [5.74, 6) is 0. The van der Waals surface area contributed by atoms with E-state index in [1.165, 1.54) is 17.7 Å². The Hall–Kier alpha value is -1.37. The molecule has 0 bridgehead atoms. The van der Waals surface area contributed by atoms with Gasteiger partial charge in [-0.15, -0.1) is 0 Å². The maximum Gasteiger partial charge on any atom is 0.238 e. The molecule has 0 heterocycles. The molecule has 0 saturated heterocycles. The van der Waals surface area contributed by atoms with E-state index in [2.05, 4.69) is 27.3 Å². The van der Waals surface area contributed by atoms with Crippen LogP contribution in [-0.4, -0.2) is 8.42 Å². The summed E-state index contributed by atoms with van der Waals surface area (Å²) in [5, 5.41) is 8.29. The number of rotatable bonds is 4. The molecule has 2 aromatic rings. The zero-order valence-corrected chi connectivity index (χ0v) is 13.3. The zero-order chi connectivity index (χ0) is 14.8. The highest BCUT2D eigenvalue weighted by molar-refractivity contribution is 9.10. The van der Waals surface area contributed by atoms with Crippen molar-refractivity contribution in [3.05, 3.63) is 58.1 Å². The number of hydrogen-bond acceptors (Lipinski definition) is 3. The average Bonchev–Trinajstić information content (AvgIpc) is 2.37. The van der Waals surface area contributed by atoms with Crippen molar-refractivity contribution in [1.82, 2.24) is 0 Å². The molecule has 0 radical (unpaired) electrons. The molecule has 6 heteroatoms. The highest BCUT2D eigenvalue weighted by atomic mass is 79.9. The van der Waals surface area contributed by atoms with E-state index in [-0.39, 0.29) is 4.90 Å². The number of nitrogens with one attached hydrogen (secondary N) is 1. The van der Waals surface area contributed by atoms with Gasteiger partial charge in [-0.3, -0.25) is 0 Å². The molecule has 106 valence electrons. The van der Waals surface area contributed by atoms with E-state index in [4.69, 9.17) is 5.14 Å². The first kappa shape index (κ1) is 15.0. The fourth-order valence-electron chi connectivity index (χ4n) is 1.76. The average molecular weight is 355 g/mol.